The van der Waals surface area contributed by atoms with Gasteiger partial charge in [-0.3, -0.25) is 5.01 Å². The Balaban J connectivity index is 1.88. The maximum Gasteiger partial charge on any atom is 0.479 e. The molecule has 0 fully saturated rings. The molecule has 122 valence electrons. The maximum atomic E-state index is 13.0. The highest BCUT2D eigenvalue weighted by atomic mass is 19.4. The van der Waals surface area contributed by atoms with Crippen molar-refractivity contribution in [3.63, 3.8) is 0 Å². The summed E-state index contributed by atoms with van der Waals surface area (Å²) in [5, 5.41) is 9.94. The molecule has 2 aliphatic heterocycles. The summed E-state index contributed by atoms with van der Waals surface area (Å²) in [5.41, 5.74) is 3.15. The standard InChI is InChI=1S/C17H13F3N4/c1-12(8-9-21)13-2-4-14(5-3-13)15-6-7-16-22-11-24(17(18,19)20)23(16)10-15/h2-8,10H,11H2,1H3/b12-8+. The first-order valence-electron chi connectivity index (χ1n) is 7.15. The molecule has 0 atom stereocenters. The third-order valence-electron chi connectivity index (χ3n) is 3.78. The number of benzene rings is 1. The fourth-order valence-corrected chi connectivity index (χ4v) is 2.49. The highest BCUT2D eigenvalue weighted by Crippen LogP contribution is 2.31. The number of alkyl halides is 3. The van der Waals surface area contributed by atoms with E-state index in [4.69, 9.17) is 5.26 Å². The van der Waals surface area contributed by atoms with Crippen LogP contribution in [0.4, 0.5) is 13.2 Å². The highest BCUT2D eigenvalue weighted by Gasteiger charge is 2.44. The molecule has 24 heavy (non-hydrogen) atoms. The van der Waals surface area contributed by atoms with Crippen molar-refractivity contribution in [1.82, 2.24) is 10.0 Å². The van der Waals surface area contributed by atoms with Crippen molar-refractivity contribution < 1.29 is 13.2 Å². The predicted molar refractivity (Wildman–Crippen MR) is 84.9 cm³/mol. The summed E-state index contributed by atoms with van der Waals surface area (Å²) in [6.07, 6.45) is 1.69. The fraction of sp³-hybridized carbons (Fsp3) is 0.176. The van der Waals surface area contributed by atoms with Crippen molar-refractivity contribution in [3.8, 4) is 6.07 Å². The number of fused-ring (bicyclic) bond motifs is 1. The SMILES string of the molecule is C/C(=C\C#N)c1ccc(C2=CN3C(=NCN3C(F)(F)F)C=C2)cc1. The van der Waals surface area contributed by atoms with Gasteiger partial charge in [-0.25, -0.2) is 4.99 Å². The van der Waals surface area contributed by atoms with Gasteiger partial charge in [0.1, 0.15) is 12.5 Å². The van der Waals surface area contributed by atoms with E-state index in [2.05, 4.69) is 4.99 Å². The van der Waals surface area contributed by atoms with Gasteiger partial charge in [0.15, 0.2) is 0 Å². The number of amidine groups is 1. The van der Waals surface area contributed by atoms with Crippen molar-refractivity contribution in [3.05, 3.63) is 59.8 Å². The lowest BCUT2D eigenvalue weighted by Gasteiger charge is -2.30. The van der Waals surface area contributed by atoms with Gasteiger partial charge in [0.2, 0.25) is 0 Å². The Morgan fingerprint density at radius 3 is 2.58 bits per heavy atom. The number of allylic oxidation sites excluding steroid dienone is 4. The molecule has 0 saturated carbocycles. The molecule has 1 aromatic rings. The van der Waals surface area contributed by atoms with E-state index in [1.807, 2.05) is 37.3 Å². The molecule has 0 bridgehead atoms. The summed E-state index contributed by atoms with van der Waals surface area (Å²) < 4.78 is 39.0. The first-order chi connectivity index (χ1) is 11.4. The van der Waals surface area contributed by atoms with E-state index >= 15 is 0 Å². The molecule has 7 heteroatoms. The number of nitrogens with zero attached hydrogens (tertiary/aromatic N) is 4. The van der Waals surface area contributed by atoms with Gasteiger partial charge < -0.3 is 0 Å². The van der Waals surface area contributed by atoms with Gasteiger partial charge in [-0.15, -0.1) is 0 Å². The van der Waals surface area contributed by atoms with Gasteiger partial charge in [-0.05, 0) is 41.3 Å². The Morgan fingerprint density at radius 2 is 1.96 bits per heavy atom. The number of hydrogen-bond acceptors (Lipinski definition) is 4. The molecule has 0 amide bonds. The lowest BCUT2D eigenvalue weighted by Crippen LogP contribution is -2.46. The number of rotatable bonds is 2. The zero-order valence-corrected chi connectivity index (χ0v) is 12.7. The number of aliphatic imine (C=N–C) groups is 1. The summed E-state index contributed by atoms with van der Waals surface area (Å²) in [6.45, 7) is 1.39. The first kappa shape index (κ1) is 16.0. The average Bonchev–Trinajstić information content (AvgIpc) is 2.98. The quantitative estimate of drug-likeness (QED) is 0.609. The van der Waals surface area contributed by atoms with Crippen LogP contribution in [-0.4, -0.2) is 28.8 Å². The number of hydrogen-bond donors (Lipinski definition) is 0. The van der Waals surface area contributed by atoms with Crippen LogP contribution in [0.2, 0.25) is 0 Å². The Labute approximate surface area is 137 Å². The summed E-state index contributed by atoms with van der Waals surface area (Å²) in [5.74, 6) is 0.264. The largest absolute Gasteiger partial charge is 0.479 e. The van der Waals surface area contributed by atoms with Gasteiger partial charge in [-0.2, -0.15) is 18.4 Å². The molecule has 1 aromatic carbocycles. The minimum atomic E-state index is -4.49. The van der Waals surface area contributed by atoms with Crippen LogP contribution < -0.4 is 0 Å². The molecule has 3 rings (SSSR count). The molecule has 4 nitrogen and oxygen atoms in total. The molecule has 2 aliphatic rings. The molecular formula is C17H13F3N4. The number of halogens is 3. The van der Waals surface area contributed by atoms with Gasteiger partial charge in [-0.1, -0.05) is 29.3 Å². The van der Waals surface area contributed by atoms with Crippen LogP contribution in [0.1, 0.15) is 18.1 Å². The van der Waals surface area contributed by atoms with Crippen LogP contribution in [0.5, 0.6) is 0 Å². The molecule has 0 unspecified atom stereocenters. The summed E-state index contributed by atoms with van der Waals surface area (Å²) >= 11 is 0. The van der Waals surface area contributed by atoms with Crippen LogP contribution in [0.15, 0.2) is 53.7 Å². The predicted octanol–water partition coefficient (Wildman–Crippen LogP) is 3.93. The van der Waals surface area contributed by atoms with E-state index in [9.17, 15) is 13.2 Å². The second-order valence-electron chi connectivity index (χ2n) is 5.32. The average molecular weight is 330 g/mol. The van der Waals surface area contributed by atoms with E-state index in [1.165, 1.54) is 12.3 Å². The van der Waals surface area contributed by atoms with Crippen molar-refractivity contribution >= 4 is 17.0 Å². The molecule has 0 aromatic heterocycles. The maximum absolute atomic E-state index is 13.0. The van der Waals surface area contributed by atoms with E-state index in [1.54, 1.807) is 12.2 Å². The normalized spacial score (nSPS) is 18.1. The minimum absolute atomic E-state index is 0.250. The third-order valence-corrected chi connectivity index (χ3v) is 3.78. The molecule has 0 saturated heterocycles. The first-order valence-corrected chi connectivity index (χ1v) is 7.15. The van der Waals surface area contributed by atoms with Gasteiger partial charge >= 0.3 is 6.30 Å². The van der Waals surface area contributed by atoms with Crippen LogP contribution in [0.3, 0.4) is 0 Å². The second kappa shape index (κ2) is 5.98. The smallest absolute Gasteiger partial charge is 0.255 e. The molecule has 2 heterocycles. The zero-order chi connectivity index (χ0) is 17.3. The Hall–Kier alpha value is -2.85. The van der Waals surface area contributed by atoms with Gasteiger partial charge in [0.25, 0.3) is 0 Å². The van der Waals surface area contributed by atoms with Crippen LogP contribution in [0, 0.1) is 11.3 Å². The summed E-state index contributed by atoms with van der Waals surface area (Å²) in [4.78, 5) is 3.87. The Morgan fingerprint density at radius 1 is 1.25 bits per heavy atom. The van der Waals surface area contributed by atoms with Gasteiger partial charge in [0.05, 0.1) is 6.07 Å². The lowest BCUT2D eigenvalue weighted by molar-refractivity contribution is -0.283. The fourth-order valence-electron chi connectivity index (χ4n) is 2.49. The second-order valence-corrected chi connectivity index (χ2v) is 5.32. The minimum Gasteiger partial charge on any atom is -0.255 e. The monoisotopic (exact) mass is 330 g/mol. The van der Waals surface area contributed by atoms with Crippen molar-refractivity contribution in [1.29, 1.82) is 5.26 Å². The van der Waals surface area contributed by atoms with Crippen molar-refractivity contribution in [2.45, 2.75) is 13.2 Å². The van der Waals surface area contributed by atoms with Crippen molar-refractivity contribution in [2.24, 2.45) is 4.99 Å². The summed E-state index contributed by atoms with van der Waals surface area (Å²) in [7, 11) is 0. The Kier molecular flexibility index (Phi) is 3.99. The number of nitriles is 1. The Bertz CT molecular complexity index is 808. The van der Waals surface area contributed by atoms with E-state index < -0.39 is 13.0 Å². The topological polar surface area (TPSA) is 42.6 Å². The van der Waals surface area contributed by atoms with E-state index in [-0.39, 0.29) is 10.8 Å². The molecular weight excluding hydrogens is 317 g/mol. The van der Waals surface area contributed by atoms with Crippen LogP contribution >= 0.6 is 0 Å². The van der Waals surface area contributed by atoms with E-state index in [0.717, 1.165) is 21.7 Å². The highest BCUT2D eigenvalue weighted by molar-refractivity contribution is 6.00. The lowest BCUT2D eigenvalue weighted by atomic mass is 10.0. The zero-order valence-electron chi connectivity index (χ0n) is 12.7. The summed E-state index contributed by atoms with van der Waals surface area (Å²) in [6, 6.07) is 9.27. The van der Waals surface area contributed by atoms with E-state index in [0.29, 0.717) is 5.57 Å². The van der Waals surface area contributed by atoms with Crippen LogP contribution in [0.25, 0.3) is 11.1 Å². The van der Waals surface area contributed by atoms with Crippen molar-refractivity contribution in [2.75, 3.05) is 6.67 Å². The number of hydrazine groups is 1. The third kappa shape index (κ3) is 2.96. The van der Waals surface area contributed by atoms with Crippen LogP contribution in [-0.2, 0) is 0 Å². The van der Waals surface area contributed by atoms with Gasteiger partial charge in [0, 0.05) is 12.3 Å². The molecule has 0 N–H and O–H groups in total. The molecule has 0 radical (unpaired) electrons. The molecule has 0 spiro atoms. The molecule has 0 aliphatic carbocycles.